The van der Waals surface area contributed by atoms with Crippen LogP contribution in [0, 0.1) is 0 Å². The third-order valence-electron chi connectivity index (χ3n) is 2.69. The van der Waals surface area contributed by atoms with Crippen molar-refractivity contribution in [3.63, 3.8) is 0 Å². The lowest BCUT2D eigenvalue weighted by Gasteiger charge is -2.22. The second kappa shape index (κ2) is 6.36. The Morgan fingerprint density at radius 2 is 1.53 bits per heavy atom. The normalized spacial score (nSPS) is 24.1. The maximum Gasteiger partial charge on any atom is 0.241 e. The van der Waals surface area contributed by atoms with Crippen LogP contribution in [0.5, 0.6) is 0 Å². The molecular weight excluding hydrogens is 200 g/mol. The van der Waals surface area contributed by atoms with Crippen molar-refractivity contribution in [2.75, 3.05) is 0 Å². The van der Waals surface area contributed by atoms with Gasteiger partial charge < -0.3 is 4.43 Å². The van der Waals surface area contributed by atoms with Gasteiger partial charge in [-0.3, -0.25) is 0 Å². The predicted molar refractivity (Wildman–Crippen MR) is 69.5 cm³/mol. The van der Waals surface area contributed by atoms with E-state index < -0.39 is 8.32 Å². The average molecular weight is 226 g/mol. The average Bonchev–Trinajstić information content (AvgIpc) is 2.13. The van der Waals surface area contributed by atoms with Crippen LogP contribution in [0.1, 0.15) is 51.4 Å². The van der Waals surface area contributed by atoms with Crippen LogP contribution < -0.4 is 0 Å². The Labute approximate surface area is 96.0 Å². The van der Waals surface area contributed by atoms with Gasteiger partial charge in [0, 0.05) is 6.42 Å². The molecule has 0 N–H and O–H groups in total. The molecule has 0 fully saturated rings. The van der Waals surface area contributed by atoms with Crippen LogP contribution in [-0.4, -0.2) is 8.32 Å². The van der Waals surface area contributed by atoms with Gasteiger partial charge in [-0.05, 0) is 45.0 Å². The molecule has 2 heteroatoms. The second-order valence-corrected chi connectivity index (χ2v) is 9.97. The third kappa shape index (κ3) is 6.77. The Balaban J connectivity index is 2.46. The number of hydrogen-bond donors (Lipinski definition) is 0. The summed E-state index contributed by atoms with van der Waals surface area (Å²) in [7, 11) is -1.38. The number of rotatable bonds is 2. The minimum atomic E-state index is -1.38. The van der Waals surface area contributed by atoms with Crippen molar-refractivity contribution in [2.45, 2.75) is 71.0 Å². The molecular formula is C13H26OSi. The molecule has 15 heavy (non-hydrogen) atoms. The molecule has 1 rings (SSSR count). The first-order chi connectivity index (χ1) is 7.08. The van der Waals surface area contributed by atoms with Crippen LogP contribution in [0.25, 0.3) is 0 Å². The number of allylic oxidation sites excluding steroid dienone is 2. The SMILES string of the molecule is C[Si](C)(C)O/C1=C/CCCCCCCC1. The lowest BCUT2D eigenvalue weighted by Crippen LogP contribution is -2.24. The summed E-state index contributed by atoms with van der Waals surface area (Å²) in [4.78, 5) is 0. The molecule has 0 amide bonds. The van der Waals surface area contributed by atoms with Crippen LogP contribution in [0.3, 0.4) is 0 Å². The van der Waals surface area contributed by atoms with E-state index in [9.17, 15) is 0 Å². The molecule has 0 unspecified atom stereocenters. The van der Waals surface area contributed by atoms with Gasteiger partial charge in [0.15, 0.2) is 0 Å². The van der Waals surface area contributed by atoms with E-state index in [1.54, 1.807) is 0 Å². The Morgan fingerprint density at radius 3 is 2.20 bits per heavy atom. The monoisotopic (exact) mass is 226 g/mol. The molecule has 0 bridgehead atoms. The van der Waals surface area contributed by atoms with Gasteiger partial charge in [0.05, 0.1) is 5.76 Å². The highest BCUT2D eigenvalue weighted by molar-refractivity contribution is 6.70. The van der Waals surface area contributed by atoms with Crippen LogP contribution in [0.2, 0.25) is 19.6 Å². The minimum absolute atomic E-state index is 1.17. The maximum absolute atomic E-state index is 6.11. The van der Waals surface area contributed by atoms with Gasteiger partial charge >= 0.3 is 0 Å². The maximum atomic E-state index is 6.11. The summed E-state index contributed by atoms with van der Waals surface area (Å²) in [5.41, 5.74) is 0. The van der Waals surface area contributed by atoms with Crippen molar-refractivity contribution in [1.29, 1.82) is 0 Å². The molecule has 0 aromatic heterocycles. The zero-order chi connectivity index (χ0) is 11.1. The number of hydrogen-bond acceptors (Lipinski definition) is 1. The smallest absolute Gasteiger partial charge is 0.241 e. The minimum Gasteiger partial charge on any atom is -0.548 e. The van der Waals surface area contributed by atoms with Crippen LogP contribution in [0.4, 0.5) is 0 Å². The molecule has 1 nitrogen and oxygen atoms in total. The third-order valence-corrected chi connectivity index (χ3v) is 3.56. The van der Waals surface area contributed by atoms with E-state index in [4.69, 9.17) is 4.43 Å². The van der Waals surface area contributed by atoms with Gasteiger partial charge in [0.25, 0.3) is 0 Å². The Bertz CT molecular complexity index is 203. The first kappa shape index (κ1) is 12.8. The fourth-order valence-corrected chi connectivity index (χ4v) is 2.97. The molecule has 0 aromatic rings. The highest BCUT2D eigenvalue weighted by atomic mass is 28.4. The second-order valence-electron chi connectivity index (χ2n) is 5.54. The molecule has 0 atom stereocenters. The fraction of sp³-hybridized carbons (Fsp3) is 0.846. The van der Waals surface area contributed by atoms with Gasteiger partial charge in [0.2, 0.25) is 8.32 Å². The van der Waals surface area contributed by atoms with Crippen LogP contribution in [0.15, 0.2) is 11.8 Å². The van der Waals surface area contributed by atoms with Crippen molar-refractivity contribution in [3.05, 3.63) is 11.8 Å². The van der Waals surface area contributed by atoms with E-state index >= 15 is 0 Å². The molecule has 0 heterocycles. The fourth-order valence-electron chi connectivity index (χ4n) is 2.00. The lowest BCUT2D eigenvalue weighted by atomic mass is 10.0. The van der Waals surface area contributed by atoms with Crippen molar-refractivity contribution >= 4 is 8.32 Å². The summed E-state index contributed by atoms with van der Waals surface area (Å²) in [6.07, 6.45) is 13.0. The molecule has 0 aliphatic heterocycles. The molecule has 88 valence electrons. The quantitative estimate of drug-likeness (QED) is 0.611. The molecule has 1 aliphatic carbocycles. The van der Waals surface area contributed by atoms with Crippen LogP contribution in [-0.2, 0) is 4.43 Å². The zero-order valence-electron chi connectivity index (χ0n) is 10.6. The van der Waals surface area contributed by atoms with E-state index in [0.29, 0.717) is 0 Å². The van der Waals surface area contributed by atoms with Crippen molar-refractivity contribution < 1.29 is 4.43 Å². The first-order valence-electron chi connectivity index (χ1n) is 6.46. The Morgan fingerprint density at radius 1 is 0.933 bits per heavy atom. The first-order valence-corrected chi connectivity index (χ1v) is 9.87. The summed E-state index contributed by atoms with van der Waals surface area (Å²) >= 11 is 0. The van der Waals surface area contributed by atoms with Gasteiger partial charge in [0.1, 0.15) is 0 Å². The van der Waals surface area contributed by atoms with Gasteiger partial charge in [-0.15, -0.1) is 0 Å². The van der Waals surface area contributed by atoms with Gasteiger partial charge in [-0.2, -0.15) is 0 Å². The topological polar surface area (TPSA) is 9.23 Å². The zero-order valence-corrected chi connectivity index (χ0v) is 11.6. The molecule has 0 radical (unpaired) electrons. The summed E-state index contributed by atoms with van der Waals surface area (Å²) in [6.45, 7) is 6.81. The van der Waals surface area contributed by atoms with Crippen molar-refractivity contribution in [1.82, 2.24) is 0 Å². The van der Waals surface area contributed by atoms with Gasteiger partial charge in [-0.25, -0.2) is 0 Å². The summed E-state index contributed by atoms with van der Waals surface area (Å²) in [5, 5.41) is 0. The molecule has 1 aliphatic rings. The molecule has 0 saturated heterocycles. The van der Waals surface area contributed by atoms with E-state index in [2.05, 4.69) is 25.7 Å². The summed E-state index contributed by atoms with van der Waals surface area (Å²) in [6, 6.07) is 0. The lowest BCUT2D eigenvalue weighted by molar-refractivity contribution is 0.385. The van der Waals surface area contributed by atoms with E-state index in [-0.39, 0.29) is 0 Å². The van der Waals surface area contributed by atoms with E-state index in [1.807, 2.05) is 0 Å². The summed E-state index contributed by atoms with van der Waals surface area (Å²) in [5.74, 6) is 1.29. The summed E-state index contributed by atoms with van der Waals surface area (Å²) < 4.78 is 6.11. The standard InChI is InChI=1S/C13H26OSi/c1-15(2,3)14-13-11-9-7-5-4-6-8-10-12-13/h11H,4-10,12H2,1-3H3/b13-11+. The van der Waals surface area contributed by atoms with E-state index in [0.717, 1.165) is 0 Å². The molecule has 0 saturated carbocycles. The molecule has 0 aromatic carbocycles. The molecule has 0 spiro atoms. The Hall–Kier alpha value is -0.243. The Kier molecular flexibility index (Phi) is 5.44. The highest BCUT2D eigenvalue weighted by Gasteiger charge is 2.17. The van der Waals surface area contributed by atoms with Gasteiger partial charge in [-0.1, -0.05) is 25.7 Å². The van der Waals surface area contributed by atoms with Crippen LogP contribution >= 0.6 is 0 Å². The van der Waals surface area contributed by atoms with Crippen molar-refractivity contribution in [2.24, 2.45) is 0 Å². The predicted octanol–water partition coefficient (Wildman–Crippen LogP) is 4.86. The highest BCUT2D eigenvalue weighted by Crippen LogP contribution is 2.20. The van der Waals surface area contributed by atoms with Crippen molar-refractivity contribution in [3.8, 4) is 0 Å². The van der Waals surface area contributed by atoms with E-state index in [1.165, 1.54) is 57.1 Å². The largest absolute Gasteiger partial charge is 0.548 e.